The largest absolute Gasteiger partial charge is 0.493 e. The number of carbonyl (C=O) groups is 1. The number of nitrogens with one attached hydrogen (secondary N) is 2. The molecule has 1 atom stereocenters. The Kier molecular flexibility index (Phi) is 3.75. The molecule has 1 aromatic carbocycles. The molecule has 102 valence electrons. The Labute approximate surface area is 121 Å². The fourth-order valence-corrected chi connectivity index (χ4v) is 3.19. The van der Waals surface area contributed by atoms with Crippen molar-refractivity contribution in [3.63, 3.8) is 0 Å². The summed E-state index contributed by atoms with van der Waals surface area (Å²) in [6.07, 6.45) is 2.51. The van der Waals surface area contributed by atoms with Crippen LogP contribution in [0.4, 0.5) is 0 Å². The number of hydrogen-bond acceptors (Lipinski definition) is 3. The van der Waals surface area contributed by atoms with Gasteiger partial charge in [-0.25, -0.2) is 0 Å². The number of hydrogen-bond donors (Lipinski definition) is 2. The van der Waals surface area contributed by atoms with Crippen LogP contribution in [-0.2, 0) is 17.8 Å². The Bertz CT molecular complexity index is 494. The summed E-state index contributed by atoms with van der Waals surface area (Å²) in [5, 5.41) is 6.39. The number of ether oxygens (including phenoxy) is 1. The van der Waals surface area contributed by atoms with E-state index in [-0.39, 0.29) is 5.91 Å². The van der Waals surface area contributed by atoms with Crippen LogP contribution in [-0.4, -0.2) is 25.1 Å². The Morgan fingerprint density at radius 1 is 1.42 bits per heavy atom. The molecule has 0 radical (unpaired) electrons. The molecular formula is C14H17BrN2O2. The van der Waals surface area contributed by atoms with Crippen LogP contribution in [0.5, 0.6) is 5.75 Å². The molecule has 2 aliphatic rings. The molecule has 1 amide bonds. The fraction of sp³-hybridized carbons (Fsp3) is 0.500. The van der Waals surface area contributed by atoms with Crippen LogP contribution in [0.25, 0.3) is 0 Å². The van der Waals surface area contributed by atoms with Crippen molar-refractivity contribution in [1.82, 2.24) is 10.6 Å². The zero-order chi connectivity index (χ0) is 13.2. The summed E-state index contributed by atoms with van der Waals surface area (Å²) in [5.41, 5.74) is 2.47. The van der Waals surface area contributed by atoms with E-state index < -0.39 is 0 Å². The van der Waals surface area contributed by atoms with E-state index in [1.165, 1.54) is 11.1 Å². The topological polar surface area (TPSA) is 50.4 Å². The second-order valence-corrected chi connectivity index (χ2v) is 5.99. The van der Waals surface area contributed by atoms with Crippen LogP contribution in [0.15, 0.2) is 16.6 Å². The molecule has 1 saturated heterocycles. The van der Waals surface area contributed by atoms with Crippen molar-refractivity contribution in [2.75, 3.05) is 13.2 Å². The summed E-state index contributed by atoms with van der Waals surface area (Å²) in [5.74, 6) is 1.19. The van der Waals surface area contributed by atoms with Gasteiger partial charge >= 0.3 is 0 Å². The number of halogens is 1. The molecule has 2 heterocycles. The lowest BCUT2D eigenvalue weighted by Crippen LogP contribution is -2.45. The van der Waals surface area contributed by atoms with E-state index in [2.05, 4.69) is 38.7 Å². The van der Waals surface area contributed by atoms with Crippen LogP contribution in [0.1, 0.15) is 24.0 Å². The molecule has 2 aliphatic heterocycles. The van der Waals surface area contributed by atoms with Gasteiger partial charge in [0.25, 0.3) is 0 Å². The Balaban J connectivity index is 1.65. The van der Waals surface area contributed by atoms with Crippen molar-refractivity contribution in [3.05, 3.63) is 27.7 Å². The Hall–Kier alpha value is -1.07. The van der Waals surface area contributed by atoms with Gasteiger partial charge in [-0.1, -0.05) is 15.9 Å². The zero-order valence-electron chi connectivity index (χ0n) is 10.7. The highest BCUT2D eigenvalue weighted by Gasteiger charge is 2.20. The van der Waals surface area contributed by atoms with E-state index in [4.69, 9.17) is 4.74 Å². The summed E-state index contributed by atoms with van der Waals surface area (Å²) in [7, 11) is 0. The minimum Gasteiger partial charge on any atom is -0.493 e. The first-order valence-corrected chi connectivity index (χ1v) is 7.46. The molecule has 4 nitrogen and oxygen atoms in total. The normalized spacial score (nSPS) is 21.7. The first kappa shape index (κ1) is 12.9. The molecule has 0 aromatic heterocycles. The van der Waals surface area contributed by atoms with Gasteiger partial charge in [0, 0.05) is 42.0 Å². The predicted molar refractivity (Wildman–Crippen MR) is 76.2 cm³/mol. The van der Waals surface area contributed by atoms with E-state index in [9.17, 15) is 4.79 Å². The minimum absolute atomic E-state index is 0.157. The van der Waals surface area contributed by atoms with E-state index in [1.807, 2.05) is 0 Å². The number of piperidine rings is 1. The molecule has 1 unspecified atom stereocenters. The molecule has 0 bridgehead atoms. The van der Waals surface area contributed by atoms with Crippen molar-refractivity contribution < 1.29 is 9.53 Å². The summed E-state index contributed by atoms with van der Waals surface area (Å²) < 4.78 is 6.81. The molecule has 5 heteroatoms. The number of carbonyl (C=O) groups excluding carboxylic acids is 1. The molecule has 0 aliphatic carbocycles. The second kappa shape index (κ2) is 5.51. The van der Waals surface area contributed by atoms with Gasteiger partial charge in [-0.2, -0.15) is 0 Å². The molecule has 2 N–H and O–H groups in total. The first-order chi connectivity index (χ1) is 9.22. The highest BCUT2D eigenvalue weighted by molar-refractivity contribution is 9.10. The Morgan fingerprint density at radius 2 is 2.32 bits per heavy atom. The standard InChI is InChI=1S/C14H17BrN2O2/c15-11-5-9-3-4-19-14(9)10(6-11)7-16-12-1-2-13(18)17-8-12/h5-6,12,16H,1-4,7-8H2,(H,17,18). The number of fused-ring (bicyclic) bond motifs is 1. The van der Waals surface area contributed by atoms with Crippen molar-refractivity contribution >= 4 is 21.8 Å². The molecule has 3 rings (SSSR count). The second-order valence-electron chi connectivity index (χ2n) is 5.07. The van der Waals surface area contributed by atoms with Crippen LogP contribution in [0.2, 0.25) is 0 Å². The molecule has 0 saturated carbocycles. The average Bonchev–Trinajstić information content (AvgIpc) is 2.85. The number of rotatable bonds is 3. The molecule has 1 aromatic rings. The molecular weight excluding hydrogens is 308 g/mol. The van der Waals surface area contributed by atoms with Gasteiger partial charge in [0.2, 0.25) is 5.91 Å². The van der Waals surface area contributed by atoms with Gasteiger partial charge in [-0.15, -0.1) is 0 Å². The summed E-state index contributed by atoms with van der Waals surface area (Å²) >= 11 is 3.55. The van der Waals surface area contributed by atoms with Crippen LogP contribution >= 0.6 is 15.9 Å². The van der Waals surface area contributed by atoms with E-state index in [0.717, 1.165) is 42.8 Å². The maximum atomic E-state index is 11.1. The Morgan fingerprint density at radius 3 is 3.11 bits per heavy atom. The van der Waals surface area contributed by atoms with E-state index in [1.54, 1.807) is 0 Å². The van der Waals surface area contributed by atoms with Crippen molar-refractivity contribution in [3.8, 4) is 5.75 Å². The van der Waals surface area contributed by atoms with Gasteiger partial charge in [0.1, 0.15) is 5.75 Å². The summed E-state index contributed by atoms with van der Waals surface area (Å²) in [4.78, 5) is 11.1. The van der Waals surface area contributed by atoms with Gasteiger partial charge < -0.3 is 15.4 Å². The monoisotopic (exact) mass is 324 g/mol. The van der Waals surface area contributed by atoms with Gasteiger partial charge in [0.15, 0.2) is 0 Å². The van der Waals surface area contributed by atoms with Gasteiger partial charge in [-0.05, 0) is 24.1 Å². The van der Waals surface area contributed by atoms with Crippen molar-refractivity contribution in [2.45, 2.75) is 31.8 Å². The third-order valence-corrected chi connectivity index (χ3v) is 4.13. The van der Waals surface area contributed by atoms with Gasteiger partial charge in [-0.3, -0.25) is 4.79 Å². The van der Waals surface area contributed by atoms with Crippen LogP contribution in [0.3, 0.4) is 0 Å². The smallest absolute Gasteiger partial charge is 0.220 e. The third kappa shape index (κ3) is 2.92. The van der Waals surface area contributed by atoms with Crippen molar-refractivity contribution in [2.24, 2.45) is 0 Å². The summed E-state index contributed by atoms with van der Waals surface area (Å²) in [6, 6.07) is 4.60. The molecule has 0 spiro atoms. The summed E-state index contributed by atoms with van der Waals surface area (Å²) in [6.45, 7) is 2.27. The average molecular weight is 325 g/mol. The lowest BCUT2D eigenvalue weighted by atomic mass is 10.1. The van der Waals surface area contributed by atoms with Gasteiger partial charge in [0.05, 0.1) is 6.61 Å². The molecule has 19 heavy (non-hydrogen) atoms. The lowest BCUT2D eigenvalue weighted by molar-refractivity contribution is -0.122. The van der Waals surface area contributed by atoms with E-state index >= 15 is 0 Å². The SMILES string of the molecule is O=C1CCC(NCc2cc(Br)cc3c2OCC3)CN1. The highest BCUT2D eigenvalue weighted by Crippen LogP contribution is 2.32. The maximum Gasteiger partial charge on any atom is 0.220 e. The van der Waals surface area contributed by atoms with Crippen LogP contribution in [0, 0.1) is 0 Å². The fourth-order valence-electron chi connectivity index (χ4n) is 2.64. The highest BCUT2D eigenvalue weighted by atomic mass is 79.9. The quantitative estimate of drug-likeness (QED) is 0.890. The van der Waals surface area contributed by atoms with Crippen LogP contribution < -0.4 is 15.4 Å². The third-order valence-electron chi connectivity index (χ3n) is 3.67. The first-order valence-electron chi connectivity index (χ1n) is 6.66. The van der Waals surface area contributed by atoms with Crippen molar-refractivity contribution in [1.29, 1.82) is 0 Å². The zero-order valence-corrected chi connectivity index (χ0v) is 12.3. The predicted octanol–water partition coefficient (Wildman–Crippen LogP) is 1.75. The number of amides is 1. The number of benzene rings is 1. The minimum atomic E-state index is 0.157. The molecule has 1 fully saturated rings. The van der Waals surface area contributed by atoms with E-state index in [0.29, 0.717) is 12.5 Å². The maximum absolute atomic E-state index is 11.1. The lowest BCUT2D eigenvalue weighted by Gasteiger charge is -2.24.